The predicted octanol–water partition coefficient (Wildman–Crippen LogP) is 3.82. The number of likely N-dealkylation sites (N-methyl/N-ethyl adjacent to an activating group) is 1. The first-order valence-electron chi connectivity index (χ1n) is 10.4. The van der Waals surface area contributed by atoms with Crippen molar-refractivity contribution < 1.29 is 18.0 Å². The molecule has 0 bridgehead atoms. The highest BCUT2D eigenvalue weighted by atomic mass is 19.4. The Morgan fingerprint density at radius 2 is 1.87 bits per heavy atom. The van der Waals surface area contributed by atoms with E-state index in [9.17, 15) is 18.0 Å². The Hall–Kier alpha value is -2.58. The molecule has 2 aliphatic heterocycles. The lowest BCUT2D eigenvalue weighted by Gasteiger charge is -2.39. The first-order valence-corrected chi connectivity index (χ1v) is 10.4. The van der Waals surface area contributed by atoms with Crippen LogP contribution in [0.5, 0.6) is 0 Å². The van der Waals surface area contributed by atoms with Crippen molar-refractivity contribution in [3.05, 3.63) is 59.2 Å². The van der Waals surface area contributed by atoms with Gasteiger partial charge in [0.1, 0.15) is 0 Å². The van der Waals surface area contributed by atoms with Crippen LogP contribution < -0.4 is 16.4 Å². The maximum atomic E-state index is 13.3. The molecule has 4 atom stereocenters. The van der Waals surface area contributed by atoms with Crippen molar-refractivity contribution in [1.29, 1.82) is 0 Å². The lowest BCUT2D eigenvalue weighted by atomic mass is 9.78. The minimum atomic E-state index is -4.47. The summed E-state index contributed by atoms with van der Waals surface area (Å²) in [5, 5.41) is 6.36. The second-order valence-electron chi connectivity index (χ2n) is 8.76. The van der Waals surface area contributed by atoms with Crippen LogP contribution in [-0.2, 0) is 11.0 Å². The highest BCUT2D eigenvalue weighted by Crippen LogP contribution is 2.39. The normalized spacial score (nSPS) is 26.5. The van der Waals surface area contributed by atoms with Gasteiger partial charge in [-0.1, -0.05) is 18.2 Å². The summed E-state index contributed by atoms with van der Waals surface area (Å²) < 4.78 is 39.8. The Labute approximate surface area is 179 Å². The minimum Gasteiger partial charge on any atom is -0.399 e. The van der Waals surface area contributed by atoms with Crippen LogP contribution in [0.1, 0.15) is 29.2 Å². The van der Waals surface area contributed by atoms with E-state index in [-0.39, 0.29) is 29.2 Å². The summed E-state index contributed by atoms with van der Waals surface area (Å²) >= 11 is 0. The number of likely N-dealkylation sites (tertiary alicyclic amines) is 1. The number of carbonyl (C=O) groups is 1. The third-order valence-electron chi connectivity index (χ3n) is 6.42. The molecule has 31 heavy (non-hydrogen) atoms. The third-order valence-corrected chi connectivity index (χ3v) is 6.42. The summed E-state index contributed by atoms with van der Waals surface area (Å²) in [5.41, 5.74) is 6.95. The molecule has 2 aromatic carbocycles. The van der Waals surface area contributed by atoms with Gasteiger partial charge in [0.25, 0.3) is 0 Å². The van der Waals surface area contributed by atoms with Crippen molar-refractivity contribution in [2.45, 2.75) is 31.6 Å². The largest absolute Gasteiger partial charge is 0.416 e. The number of amides is 1. The molecule has 0 aromatic heterocycles. The number of piperidine rings is 1. The van der Waals surface area contributed by atoms with Crippen LogP contribution in [0.3, 0.4) is 0 Å². The van der Waals surface area contributed by atoms with Gasteiger partial charge in [0, 0.05) is 36.5 Å². The molecule has 2 saturated heterocycles. The number of benzene rings is 2. The molecule has 2 fully saturated rings. The molecule has 0 radical (unpaired) electrons. The number of halogens is 3. The fraction of sp³-hybridized carbons (Fsp3) is 0.435. The quantitative estimate of drug-likeness (QED) is 0.645. The van der Waals surface area contributed by atoms with Crippen molar-refractivity contribution in [2.24, 2.45) is 11.8 Å². The van der Waals surface area contributed by atoms with Crippen LogP contribution in [0.15, 0.2) is 42.5 Å². The number of aryl methyl sites for hydroxylation is 1. The maximum Gasteiger partial charge on any atom is 0.416 e. The van der Waals surface area contributed by atoms with Gasteiger partial charge in [0.15, 0.2) is 0 Å². The van der Waals surface area contributed by atoms with Crippen LogP contribution in [0, 0.1) is 18.8 Å². The maximum absolute atomic E-state index is 13.3. The number of hydrogen-bond acceptors (Lipinski definition) is 4. The Morgan fingerprint density at radius 3 is 2.55 bits per heavy atom. The lowest BCUT2D eigenvalue weighted by Crippen LogP contribution is -2.50. The van der Waals surface area contributed by atoms with Crippen molar-refractivity contribution >= 4 is 17.3 Å². The summed E-state index contributed by atoms with van der Waals surface area (Å²) in [5.74, 6) is -0.374. The number of nitrogens with zero attached hydrogens (tertiary/aromatic N) is 1. The number of nitrogens with two attached hydrogens (primary N) is 1. The molecule has 0 aliphatic carbocycles. The molecule has 4 N–H and O–H groups in total. The van der Waals surface area contributed by atoms with Gasteiger partial charge < -0.3 is 21.3 Å². The third kappa shape index (κ3) is 4.55. The van der Waals surface area contributed by atoms with Gasteiger partial charge in [0.2, 0.25) is 5.91 Å². The zero-order valence-electron chi connectivity index (χ0n) is 17.5. The highest BCUT2D eigenvalue weighted by Gasteiger charge is 2.44. The topological polar surface area (TPSA) is 70.4 Å². The summed E-state index contributed by atoms with van der Waals surface area (Å²) in [7, 11) is 2.05. The number of anilines is 2. The molecular formula is C23H27F3N4O. The second kappa shape index (κ2) is 8.16. The van der Waals surface area contributed by atoms with Crippen LogP contribution >= 0.6 is 0 Å². The molecule has 4 rings (SSSR count). The van der Waals surface area contributed by atoms with E-state index in [0.717, 1.165) is 24.7 Å². The average molecular weight is 432 g/mol. The second-order valence-corrected chi connectivity index (χ2v) is 8.76. The average Bonchev–Trinajstić information content (AvgIpc) is 3.07. The molecule has 0 saturated carbocycles. The lowest BCUT2D eigenvalue weighted by molar-refractivity contribution is -0.138. The first-order chi connectivity index (χ1) is 14.6. The van der Waals surface area contributed by atoms with E-state index in [1.165, 1.54) is 19.1 Å². The van der Waals surface area contributed by atoms with Gasteiger partial charge in [-0.3, -0.25) is 4.79 Å². The van der Waals surface area contributed by atoms with E-state index in [0.29, 0.717) is 18.0 Å². The number of carbonyl (C=O) groups excluding carboxylic acids is 1. The molecule has 0 spiro atoms. The molecule has 166 valence electrons. The molecule has 5 nitrogen and oxygen atoms in total. The van der Waals surface area contributed by atoms with Gasteiger partial charge in [-0.2, -0.15) is 13.2 Å². The van der Waals surface area contributed by atoms with E-state index in [1.54, 1.807) is 12.1 Å². The summed E-state index contributed by atoms with van der Waals surface area (Å²) in [4.78, 5) is 15.5. The number of rotatable bonds is 3. The highest BCUT2D eigenvalue weighted by molar-refractivity contribution is 5.93. The summed E-state index contributed by atoms with van der Waals surface area (Å²) in [6.07, 6.45) is -3.80. The number of hydrogen-bond donors (Lipinski definition) is 3. The predicted molar refractivity (Wildman–Crippen MR) is 114 cm³/mol. The Kier molecular flexibility index (Phi) is 5.70. The van der Waals surface area contributed by atoms with Gasteiger partial charge in [0.05, 0.1) is 11.5 Å². The van der Waals surface area contributed by atoms with E-state index in [4.69, 9.17) is 5.73 Å². The Morgan fingerprint density at radius 1 is 1.16 bits per heavy atom. The SMILES string of the molecule is Cc1ccc(NC(=O)C2CC3CN(C)CC3NC2c2ccc(N)cc2)cc1C(F)(F)F. The van der Waals surface area contributed by atoms with E-state index in [1.807, 2.05) is 12.1 Å². The number of alkyl halides is 3. The Balaban J connectivity index is 1.60. The fourth-order valence-electron chi connectivity index (χ4n) is 4.85. The van der Waals surface area contributed by atoms with Crippen LogP contribution in [0.25, 0.3) is 0 Å². The number of fused-ring (bicyclic) bond motifs is 1. The molecule has 4 unspecified atom stereocenters. The zero-order valence-corrected chi connectivity index (χ0v) is 17.5. The van der Waals surface area contributed by atoms with Crippen LogP contribution in [0.4, 0.5) is 24.5 Å². The number of nitrogens with one attached hydrogen (secondary N) is 2. The van der Waals surface area contributed by atoms with Gasteiger partial charge in [-0.05, 0) is 61.7 Å². The van der Waals surface area contributed by atoms with Crippen molar-refractivity contribution in [2.75, 3.05) is 31.2 Å². The van der Waals surface area contributed by atoms with Crippen LogP contribution in [0.2, 0.25) is 0 Å². The van der Waals surface area contributed by atoms with E-state index < -0.39 is 17.7 Å². The van der Waals surface area contributed by atoms with Gasteiger partial charge >= 0.3 is 6.18 Å². The molecule has 2 heterocycles. The first kappa shape index (κ1) is 21.6. The van der Waals surface area contributed by atoms with E-state index >= 15 is 0 Å². The van der Waals surface area contributed by atoms with Crippen LogP contribution in [-0.4, -0.2) is 37.0 Å². The summed E-state index contributed by atoms with van der Waals surface area (Å²) in [6.45, 7) is 3.20. The van der Waals surface area contributed by atoms with Gasteiger partial charge in [-0.15, -0.1) is 0 Å². The molecule has 1 amide bonds. The monoisotopic (exact) mass is 432 g/mol. The van der Waals surface area contributed by atoms with Crippen molar-refractivity contribution in [1.82, 2.24) is 10.2 Å². The van der Waals surface area contributed by atoms with E-state index in [2.05, 4.69) is 22.6 Å². The Bertz CT molecular complexity index is 960. The standard InChI is InChI=1S/C23H27F3N4O/c1-13-3-8-17(10-19(13)23(24,25)26)28-22(31)18-9-15-11-30(2)12-20(15)29-21(18)14-4-6-16(27)7-5-14/h3-8,10,15,18,20-21,29H,9,11-12,27H2,1-2H3,(H,28,31). The van der Waals surface area contributed by atoms with Gasteiger partial charge in [-0.25, -0.2) is 0 Å². The summed E-state index contributed by atoms with van der Waals surface area (Å²) in [6, 6.07) is 11.4. The smallest absolute Gasteiger partial charge is 0.399 e. The van der Waals surface area contributed by atoms with Crippen molar-refractivity contribution in [3.8, 4) is 0 Å². The minimum absolute atomic E-state index is 0.126. The molecule has 2 aromatic rings. The molecule has 2 aliphatic rings. The zero-order chi connectivity index (χ0) is 22.3. The van der Waals surface area contributed by atoms with Crippen molar-refractivity contribution in [3.63, 3.8) is 0 Å². The number of nitrogen functional groups attached to an aromatic ring is 1. The molecular weight excluding hydrogens is 405 g/mol. The fourth-order valence-corrected chi connectivity index (χ4v) is 4.85. The molecule has 8 heteroatoms.